The number of thiazole rings is 1. The van der Waals surface area contributed by atoms with Crippen LogP contribution in [0.3, 0.4) is 0 Å². The van der Waals surface area contributed by atoms with Crippen molar-refractivity contribution in [2.45, 2.75) is 35.3 Å². The summed E-state index contributed by atoms with van der Waals surface area (Å²) in [7, 11) is 0. The van der Waals surface area contributed by atoms with Gasteiger partial charge < -0.3 is 16.2 Å². The zero-order valence-corrected chi connectivity index (χ0v) is 18.4. The number of amides is 2. The summed E-state index contributed by atoms with van der Waals surface area (Å²) < 4.78 is 4.36. The van der Waals surface area contributed by atoms with Gasteiger partial charge in [0.1, 0.15) is 16.9 Å². The van der Waals surface area contributed by atoms with Crippen molar-refractivity contribution in [1.29, 1.82) is 0 Å². The molecule has 0 spiro atoms. The van der Waals surface area contributed by atoms with Gasteiger partial charge in [-0.25, -0.2) is 14.8 Å². The Bertz CT molecular complexity index is 1120. The van der Waals surface area contributed by atoms with Crippen LogP contribution in [0.1, 0.15) is 24.7 Å². The van der Waals surface area contributed by atoms with Crippen LogP contribution in [-0.2, 0) is 14.4 Å². The van der Waals surface area contributed by atoms with Crippen molar-refractivity contribution >= 4 is 69.1 Å². The topological polar surface area (TPSA) is 181 Å². The Balaban J connectivity index is 1.51. The van der Waals surface area contributed by atoms with E-state index in [0.29, 0.717) is 27.2 Å². The molecule has 3 atom stereocenters. The van der Waals surface area contributed by atoms with Crippen LogP contribution in [0.5, 0.6) is 0 Å². The van der Waals surface area contributed by atoms with E-state index in [1.54, 1.807) is 5.38 Å². The Hall–Kier alpha value is -2.62. The highest BCUT2D eigenvalue weighted by Crippen LogP contribution is 2.44. The zero-order valence-electron chi connectivity index (χ0n) is 15.2. The maximum atomic E-state index is 12.7. The first-order valence-electron chi connectivity index (χ1n) is 8.60. The molecule has 12 nitrogen and oxygen atoms in total. The second-order valence-electron chi connectivity index (χ2n) is 6.41. The molecule has 0 saturated carbocycles. The third kappa shape index (κ3) is 4.00. The SMILES string of the molecule is Nc1nc(C(N=O)C(=O)NC2C(=O)N3C(C(=O)O)=C(Sc4nc(Cl)cs4)CCC23)ns1. The third-order valence-electron chi connectivity index (χ3n) is 4.61. The number of hydrogen-bond donors (Lipinski definition) is 3. The molecule has 0 bridgehead atoms. The van der Waals surface area contributed by atoms with Gasteiger partial charge in [0.05, 0.1) is 6.04 Å². The van der Waals surface area contributed by atoms with E-state index in [4.69, 9.17) is 17.3 Å². The second kappa shape index (κ2) is 8.49. The lowest BCUT2D eigenvalue weighted by Gasteiger charge is -2.50. The molecule has 0 radical (unpaired) electrons. The molecule has 16 heteroatoms. The monoisotopic (exact) mass is 501 g/mol. The summed E-state index contributed by atoms with van der Waals surface area (Å²) in [6.07, 6.45) is 0.778. The zero-order chi connectivity index (χ0) is 22.3. The lowest BCUT2D eigenvalue weighted by Crippen LogP contribution is -2.71. The predicted molar refractivity (Wildman–Crippen MR) is 112 cm³/mol. The van der Waals surface area contributed by atoms with E-state index in [1.807, 2.05) is 0 Å². The maximum absolute atomic E-state index is 12.7. The lowest BCUT2D eigenvalue weighted by atomic mass is 9.86. The van der Waals surface area contributed by atoms with Crippen LogP contribution in [0, 0.1) is 4.91 Å². The number of thioether (sulfide) groups is 1. The van der Waals surface area contributed by atoms with E-state index in [1.165, 1.54) is 11.3 Å². The van der Waals surface area contributed by atoms with Crippen LogP contribution in [0.2, 0.25) is 5.15 Å². The molecule has 0 aromatic carbocycles. The molecule has 2 aliphatic heterocycles. The molecule has 0 aliphatic carbocycles. The van der Waals surface area contributed by atoms with Crippen molar-refractivity contribution in [2.75, 3.05) is 5.73 Å². The Morgan fingerprint density at radius 3 is 2.81 bits per heavy atom. The fourth-order valence-electron chi connectivity index (χ4n) is 3.32. The number of carboxylic acids is 1. The summed E-state index contributed by atoms with van der Waals surface area (Å²) in [5.41, 5.74) is 5.32. The van der Waals surface area contributed by atoms with Crippen molar-refractivity contribution < 1.29 is 19.5 Å². The number of rotatable bonds is 7. The number of nitroso groups, excluding NO2 is 1. The lowest BCUT2D eigenvalue weighted by molar-refractivity contribution is -0.156. The number of nitrogens with two attached hydrogens (primary N) is 1. The number of fused-ring (bicyclic) bond motifs is 1. The number of aromatic nitrogens is 3. The summed E-state index contributed by atoms with van der Waals surface area (Å²) in [5.74, 6) is -2.87. The minimum absolute atomic E-state index is 0.0670. The van der Waals surface area contributed by atoms with E-state index >= 15 is 0 Å². The number of halogens is 1. The molecule has 31 heavy (non-hydrogen) atoms. The van der Waals surface area contributed by atoms with Gasteiger partial charge in [-0.15, -0.1) is 16.2 Å². The minimum Gasteiger partial charge on any atom is -0.477 e. The van der Waals surface area contributed by atoms with Gasteiger partial charge in [0.15, 0.2) is 15.3 Å². The van der Waals surface area contributed by atoms with Crippen molar-refractivity contribution in [3.05, 3.63) is 31.9 Å². The second-order valence-corrected chi connectivity index (χ2v) is 9.79. The number of carbonyl (C=O) groups excluding carboxylic acids is 2. The van der Waals surface area contributed by atoms with Gasteiger partial charge in [0.2, 0.25) is 6.04 Å². The van der Waals surface area contributed by atoms with Crippen LogP contribution in [0.25, 0.3) is 0 Å². The molecular formula is C15H12ClN7O5S3. The Kier molecular flexibility index (Phi) is 5.92. The van der Waals surface area contributed by atoms with Crippen LogP contribution in [0.4, 0.5) is 5.13 Å². The van der Waals surface area contributed by atoms with E-state index in [9.17, 15) is 24.4 Å². The van der Waals surface area contributed by atoms with E-state index < -0.39 is 35.9 Å². The van der Waals surface area contributed by atoms with E-state index in [0.717, 1.165) is 28.2 Å². The molecule has 4 heterocycles. The van der Waals surface area contributed by atoms with E-state index in [-0.39, 0.29) is 16.7 Å². The van der Waals surface area contributed by atoms with E-state index in [2.05, 4.69) is 24.8 Å². The first-order valence-corrected chi connectivity index (χ1v) is 11.4. The summed E-state index contributed by atoms with van der Waals surface area (Å²) in [6.45, 7) is 0. The normalized spacial score (nSPS) is 21.3. The average molecular weight is 502 g/mol. The number of nitrogen functional groups attached to an aromatic ring is 1. The fraction of sp³-hybridized carbons (Fsp3) is 0.333. The number of β-lactam (4-membered cyclic amide) rings is 1. The Morgan fingerprint density at radius 2 is 2.23 bits per heavy atom. The Morgan fingerprint density at radius 1 is 1.45 bits per heavy atom. The predicted octanol–water partition coefficient (Wildman–Crippen LogP) is 1.62. The van der Waals surface area contributed by atoms with Crippen LogP contribution < -0.4 is 11.1 Å². The van der Waals surface area contributed by atoms with Gasteiger partial charge >= 0.3 is 5.97 Å². The van der Waals surface area contributed by atoms with Crippen molar-refractivity contribution in [2.24, 2.45) is 5.18 Å². The largest absolute Gasteiger partial charge is 0.477 e. The van der Waals surface area contributed by atoms with Crippen molar-refractivity contribution in [3.63, 3.8) is 0 Å². The molecule has 1 saturated heterocycles. The number of anilines is 1. The number of nitrogens with zero attached hydrogens (tertiary/aromatic N) is 5. The van der Waals surface area contributed by atoms with Crippen molar-refractivity contribution in [3.8, 4) is 0 Å². The smallest absolute Gasteiger partial charge is 0.353 e. The quantitative estimate of drug-likeness (QED) is 0.372. The van der Waals surface area contributed by atoms with Gasteiger partial charge in [-0.2, -0.15) is 4.37 Å². The van der Waals surface area contributed by atoms with Gasteiger partial charge in [-0.1, -0.05) is 23.4 Å². The molecule has 162 valence electrons. The van der Waals surface area contributed by atoms with Crippen LogP contribution >= 0.6 is 46.2 Å². The molecule has 2 aliphatic rings. The number of carboxylic acid groups (broad SMARTS) is 1. The van der Waals surface area contributed by atoms with Crippen molar-refractivity contribution in [1.82, 2.24) is 24.6 Å². The van der Waals surface area contributed by atoms with Gasteiger partial charge in [-0.05, 0) is 18.0 Å². The minimum atomic E-state index is -1.56. The number of allylic oxidation sites excluding steroid dienone is 1. The third-order valence-corrected chi connectivity index (χ3v) is 7.58. The summed E-state index contributed by atoms with van der Waals surface area (Å²) in [6, 6.07) is -3.11. The van der Waals surface area contributed by atoms with Gasteiger partial charge in [0.25, 0.3) is 11.8 Å². The van der Waals surface area contributed by atoms with Crippen LogP contribution in [0.15, 0.2) is 25.5 Å². The molecule has 3 unspecified atom stereocenters. The Labute approximate surface area is 191 Å². The fourth-order valence-corrected chi connectivity index (χ4v) is 6.00. The standard InChI is InChI=1S/C15H12ClN7O5S3/c16-6-3-29-15(18-6)30-5-2-1-4-7(12(25)23(4)9(5)13(26)27)19-11(24)8(21-28)10-20-14(17)31-22-10/h3-4,7-8H,1-2H2,(H,19,24)(H,26,27)(H2,17,20,22). The molecule has 2 aromatic heterocycles. The molecule has 4 rings (SSSR count). The highest BCUT2D eigenvalue weighted by atomic mass is 35.5. The maximum Gasteiger partial charge on any atom is 0.353 e. The summed E-state index contributed by atoms with van der Waals surface area (Å²) in [4.78, 5) is 57.7. The highest BCUT2D eigenvalue weighted by molar-refractivity contribution is 8.04. The molecule has 1 fully saturated rings. The number of carbonyl (C=O) groups is 3. The van der Waals surface area contributed by atoms with Gasteiger partial charge in [0, 0.05) is 21.8 Å². The number of hydrogen-bond acceptors (Lipinski definition) is 12. The van der Waals surface area contributed by atoms with Crippen LogP contribution in [-0.4, -0.2) is 54.2 Å². The average Bonchev–Trinajstić information content (AvgIpc) is 3.34. The molecule has 2 aromatic rings. The molecular weight excluding hydrogens is 490 g/mol. The molecule has 4 N–H and O–H groups in total. The number of aliphatic carboxylic acids is 1. The first kappa shape index (κ1) is 21.6. The summed E-state index contributed by atoms with van der Waals surface area (Å²) in [5, 5.41) is 16.9. The summed E-state index contributed by atoms with van der Waals surface area (Å²) >= 11 is 9.03. The molecule has 2 amide bonds. The first-order chi connectivity index (χ1) is 14.8. The number of nitrogens with one attached hydrogen (secondary N) is 1. The van der Waals surface area contributed by atoms with Gasteiger partial charge in [-0.3, -0.25) is 14.5 Å². The highest BCUT2D eigenvalue weighted by Gasteiger charge is 2.54.